The van der Waals surface area contributed by atoms with E-state index >= 15 is 0 Å². The van der Waals surface area contributed by atoms with E-state index in [1.54, 1.807) is 0 Å². The second-order valence-corrected chi connectivity index (χ2v) is 0.697. The van der Waals surface area contributed by atoms with E-state index in [1.165, 1.54) is 0 Å². The van der Waals surface area contributed by atoms with Gasteiger partial charge in [-0.25, -0.2) is 5.48 Å². The van der Waals surface area contributed by atoms with Gasteiger partial charge >= 0.3 is 0 Å². The van der Waals surface area contributed by atoms with Crippen LogP contribution in [0.5, 0.6) is 0 Å². The predicted octanol–water partition coefficient (Wildman–Crippen LogP) is 0.0797. The summed E-state index contributed by atoms with van der Waals surface area (Å²) < 4.78 is 0. The summed E-state index contributed by atoms with van der Waals surface area (Å²) in [5, 5.41) is 7.74. The van der Waals surface area contributed by atoms with Crippen LogP contribution in [-0.2, 0) is 0 Å². The van der Waals surface area contributed by atoms with Gasteiger partial charge in [-0.1, -0.05) is 0 Å². The zero-order valence-corrected chi connectivity index (χ0v) is 7.18. The Balaban J connectivity index is -0.0000000800. The van der Waals surface area contributed by atoms with E-state index in [0.29, 0.717) is 13.1 Å². The van der Waals surface area contributed by atoms with Gasteiger partial charge in [0.15, 0.2) is 0 Å². The molecule has 48 valence electrons. The summed E-state index contributed by atoms with van der Waals surface area (Å²) in [7, 11) is 0. The maximum absolute atomic E-state index is 7.74. The second-order valence-electron chi connectivity index (χ2n) is 0.697. The molecule has 0 aliphatic rings. The molecule has 4 N–H and O–H groups in total. The largest absolute Gasteiger partial charge is 0.329 e. The fraction of sp³-hybridized carbons (Fsp3) is 1.00. The van der Waals surface area contributed by atoms with Gasteiger partial charge in [0.1, 0.15) is 0 Å². The SMILES string of the molecule is Br.Br.NCCNO. The first-order valence-electron chi connectivity index (χ1n) is 1.49. The van der Waals surface area contributed by atoms with Crippen LogP contribution in [0.25, 0.3) is 0 Å². The lowest BCUT2D eigenvalue weighted by Crippen LogP contribution is -2.17. The minimum Gasteiger partial charge on any atom is -0.329 e. The van der Waals surface area contributed by atoms with Gasteiger partial charge in [0.25, 0.3) is 0 Å². The third-order valence-corrected chi connectivity index (χ3v) is 0.256. The zero-order valence-electron chi connectivity index (χ0n) is 3.76. The summed E-state index contributed by atoms with van der Waals surface area (Å²) in [5.74, 6) is 0. The molecule has 0 aromatic carbocycles. The lowest BCUT2D eigenvalue weighted by atomic mass is 10.7. The van der Waals surface area contributed by atoms with Crippen molar-refractivity contribution in [1.29, 1.82) is 0 Å². The Kier molecular flexibility index (Phi) is 35.4. The quantitative estimate of drug-likeness (QED) is 0.597. The van der Waals surface area contributed by atoms with E-state index in [2.05, 4.69) is 0 Å². The Hall–Kier alpha value is 0.840. The molecule has 0 aromatic heterocycles. The lowest BCUT2D eigenvalue weighted by Gasteiger charge is -1.84. The van der Waals surface area contributed by atoms with Gasteiger partial charge in [-0.15, -0.1) is 34.0 Å². The van der Waals surface area contributed by atoms with Crippen molar-refractivity contribution in [3.63, 3.8) is 0 Å². The van der Waals surface area contributed by atoms with Crippen molar-refractivity contribution in [2.45, 2.75) is 0 Å². The molecule has 0 saturated carbocycles. The highest BCUT2D eigenvalue weighted by Crippen LogP contribution is 1.36. The lowest BCUT2D eigenvalue weighted by molar-refractivity contribution is 0.170. The van der Waals surface area contributed by atoms with E-state index in [1.807, 2.05) is 5.48 Å². The molecule has 0 heterocycles. The number of hydroxylamine groups is 1. The van der Waals surface area contributed by atoms with Crippen LogP contribution in [0, 0.1) is 0 Å². The zero-order chi connectivity index (χ0) is 4.12. The van der Waals surface area contributed by atoms with Crippen LogP contribution in [0.4, 0.5) is 0 Å². The third kappa shape index (κ3) is 19.9. The maximum Gasteiger partial charge on any atom is 0.0330 e. The molecule has 5 heteroatoms. The van der Waals surface area contributed by atoms with Crippen LogP contribution in [0.15, 0.2) is 0 Å². The number of nitrogens with two attached hydrogens (primary N) is 1. The smallest absolute Gasteiger partial charge is 0.0330 e. The summed E-state index contributed by atoms with van der Waals surface area (Å²) in [4.78, 5) is 0. The Bertz CT molecular complexity index is 21.2. The average molecular weight is 238 g/mol. The molecule has 0 fully saturated rings. The van der Waals surface area contributed by atoms with Crippen LogP contribution in [0.3, 0.4) is 0 Å². The number of hydrogen-bond donors (Lipinski definition) is 3. The molecule has 0 saturated heterocycles. The Labute approximate surface area is 63.8 Å². The highest BCUT2D eigenvalue weighted by molar-refractivity contribution is 8.93. The molecule has 0 amide bonds. The van der Waals surface area contributed by atoms with Gasteiger partial charge in [-0.05, 0) is 0 Å². The first-order valence-corrected chi connectivity index (χ1v) is 1.49. The van der Waals surface area contributed by atoms with E-state index in [-0.39, 0.29) is 34.0 Å². The van der Waals surface area contributed by atoms with Crippen molar-refractivity contribution in [3.8, 4) is 0 Å². The minimum atomic E-state index is 0. The van der Waals surface area contributed by atoms with E-state index < -0.39 is 0 Å². The molecular formula is C2H10Br2N2O. The van der Waals surface area contributed by atoms with Gasteiger partial charge in [0.2, 0.25) is 0 Å². The van der Waals surface area contributed by atoms with Crippen molar-refractivity contribution in [2.24, 2.45) is 5.73 Å². The van der Waals surface area contributed by atoms with Crippen molar-refractivity contribution in [3.05, 3.63) is 0 Å². The van der Waals surface area contributed by atoms with Gasteiger partial charge in [0.05, 0.1) is 0 Å². The Morgan fingerprint density at radius 2 is 1.86 bits per heavy atom. The number of hydrogen-bond acceptors (Lipinski definition) is 3. The third-order valence-electron chi connectivity index (χ3n) is 0.256. The van der Waals surface area contributed by atoms with Crippen molar-refractivity contribution < 1.29 is 5.21 Å². The van der Waals surface area contributed by atoms with E-state index in [4.69, 9.17) is 10.9 Å². The molecule has 0 rings (SSSR count). The van der Waals surface area contributed by atoms with Crippen LogP contribution in [0.2, 0.25) is 0 Å². The molecule has 0 unspecified atom stereocenters. The highest BCUT2D eigenvalue weighted by atomic mass is 79.9. The van der Waals surface area contributed by atoms with E-state index in [9.17, 15) is 0 Å². The van der Waals surface area contributed by atoms with Crippen LogP contribution >= 0.6 is 34.0 Å². The molecule has 0 spiro atoms. The van der Waals surface area contributed by atoms with Gasteiger partial charge in [-0.2, -0.15) is 0 Å². The summed E-state index contributed by atoms with van der Waals surface area (Å²) in [5.41, 5.74) is 6.81. The molecule has 3 nitrogen and oxygen atoms in total. The summed E-state index contributed by atoms with van der Waals surface area (Å²) >= 11 is 0. The molecular weight excluding hydrogens is 228 g/mol. The van der Waals surface area contributed by atoms with Gasteiger partial charge in [0, 0.05) is 13.1 Å². The number of halogens is 2. The van der Waals surface area contributed by atoms with Crippen molar-refractivity contribution >= 4 is 34.0 Å². The Morgan fingerprint density at radius 1 is 1.43 bits per heavy atom. The van der Waals surface area contributed by atoms with Crippen LogP contribution in [0.1, 0.15) is 0 Å². The first-order chi connectivity index (χ1) is 2.41. The summed E-state index contributed by atoms with van der Waals surface area (Å²) in [6.07, 6.45) is 0. The molecule has 0 bridgehead atoms. The second kappa shape index (κ2) is 15.8. The molecule has 0 aliphatic carbocycles. The van der Waals surface area contributed by atoms with E-state index in [0.717, 1.165) is 0 Å². The highest BCUT2D eigenvalue weighted by Gasteiger charge is 1.65. The normalized spacial score (nSPS) is 6.00. The number of nitrogens with one attached hydrogen (secondary N) is 1. The standard InChI is InChI=1S/C2H8N2O.2BrH/c3-1-2-4-5;;/h4-5H,1-3H2;2*1H. The molecule has 0 atom stereocenters. The van der Waals surface area contributed by atoms with Gasteiger partial charge < -0.3 is 10.9 Å². The topological polar surface area (TPSA) is 58.3 Å². The fourth-order valence-corrected chi connectivity index (χ4v) is 0.0645. The van der Waals surface area contributed by atoms with Crippen LogP contribution < -0.4 is 11.2 Å². The van der Waals surface area contributed by atoms with Crippen molar-refractivity contribution in [2.75, 3.05) is 13.1 Å². The van der Waals surface area contributed by atoms with Crippen LogP contribution in [-0.4, -0.2) is 18.3 Å². The maximum atomic E-state index is 7.74. The fourth-order valence-electron chi connectivity index (χ4n) is 0.0645. The first kappa shape index (κ1) is 15.7. The molecule has 0 aromatic rings. The van der Waals surface area contributed by atoms with Crippen molar-refractivity contribution in [1.82, 2.24) is 5.48 Å². The monoisotopic (exact) mass is 236 g/mol. The summed E-state index contributed by atoms with van der Waals surface area (Å²) in [6, 6.07) is 0. The summed E-state index contributed by atoms with van der Waals surface area (Å²) in [6.45, 7) is 0.955. The Morgan fingerprint density at radius 3 is 1.86 bits per heavy atom. The predicted molar refractivity (Wildman–Crippen MR) is 39.5 cm³/mol. The molecule has 0 radical (unpaired) electrons. The molecule has 0 aliphatic heterocycles. The molecule has 7 heavy (non-hydrogen) atoms. The average Bonchev–Trinajstić information content (AvgIpc) is 1.41. The van der Waals surface area contributed by atoms with Gasteiger partial charge in [-0.3, -0.25) is 0 Å². The minimum absolute atomic E-state index is 0. The number of rotatable bonds is 2.